The van der Waals surface area contributed by atoms with Gasteiger partial charge >= 0.3 is 6.09 Å². The maximum absolute atomic E-state index is 13.1. The van der Waals surface area contributed by atoms with Crippen molar-refractivity contribution in [2.24, 2.45) is 0 Å². The Morgan fingerprint density at radius 2 is 1.53 bits per heavy atom. The van der Waals surface area contributed by atoms with Gasteiger partial charge in [0.2, 0.25) is 10.0 Å². The number of nitrogens with one attached hydrogen (secondary N) is 2. The van der Waals surface area contributed by atoms with Crippen molar-refractivity contribution in [3.05, 3.63) is 54.1 Å². The van der Waals surface area contributed by atoms with Crippen LogP contribution in [0.5, 0.6) is 0 Å². The zero-order valence-electron chi connectivity index (χ0n) is 19.7. The summed E-state index contributed by atoms with van der Waals surface area (Å²) in [7, 11) is -8.01. The summed E-state index contributed by atoms with van der Waals surface area (Å²) in [5.41, 5.74) is 0.260. The van der Waals surface area contributed by atoms with Gasteiger partial charge in [0.1, 0.15) is 10.5 Å². The molecule has 1 aliphatic heterocycles. The molecule has 0 saturated carbocycles. The molecule has 0 aromatic heterocycles. The molecule has 2 aromatic rings. The van der Waals surface area contributed by atoms with E-state index in [-0.39, 0.29) is 15.5 Å². The molecule has 0 unspecified atom stereocenters. The molecule has 0 radical (unpaired) electrons. The summed E-state index contributed by atoms with van der Waals surface area (Å²) >= 11 is 0. The van der Waals surface area contributed by atoms with Crippen molar-refractivity contribution in [3.63, 3.8) is 0 Å². The first-order valence-corrected chi connectivity index (χ1v) is 13.9. The number of sulfonamides is 2. The van der Waals surface area contributed by atoms with E-state index in [4.69, 9.17) is 4.74 Å². The fraction of sp³-hybridized carbons (Fsp3) is 0.435. The number of hydrogen-bond donors (Lipinski definition) is 2. The highest BCUT2D eigenvalue weighted by atomic mass is 32.2. The molecule has 0 spiro atoms. The minimum absolute atomic E-state index is 0.0350. The van der Waals surface area contributed by atoms with Crippen LogP contribution in [-0.4, -0.2) is 52.6 Å². The van der Waals surface area contributed by atoms with Gasteiger partial charge in [-0.15, -0.1) is 0 Å². The van der Waals surface area contributed by atoms with E-state index >= 15 is 0 Å². The Kier molecular flexibility index (Phi) is 7.59. The molecule has 2 aromatic carbocycles. The van der Waals surface area contributed by atoms with Crippen LogP contribution in [0.4, 0.5) is 10.5 Å². The Morgan fingerprint density at radius 3 is 2.12 bits per heavy atom. The number of piperidine rings is 1. The third-order valence-electron chi connectivity index (χ3n) is 5.22. The molecule has 0 bridgehead atoms. The number of likely N-dealkylation sites (tertiary alicyclic amines) is 1. The highest BCUT2D eigenvalue weighted by molar-refractivity contribution is 7.93. The van der Waals surface area contributed by atoms with E-state index in [0.717, 1.165) is 5.56 Å². The molecule has 1 fully saturated rings. The van der Waals surface area contributed by atoms with Crippen molar-refractivity contribution in [1.82, 2.24) is 9.62 Å². The lowest BCUT2D eigenvalue weighted by atomic mass is 10.1. The number of anilines is 1. The standard InChI is InChI=1S/C23H31N3O6S2/c1-17-9-11-19(12-10-17)33(28,29)25-20-7-5-6-8-21(20)34(30,31)24-18-13-15-26(16-14-18)22(27)32-23(2,3)4/h5-12,18,24-25H,13-16H2,1-4H3. The largest absolute Gasteiger partial charge is 0.444 e. The van der Waals surface area contributed by atoms with Gasteiger partial charge in [-0.3, -0.25) is 4.72 Å². The summed E-state index contributed by atoms with van der Waals surface area (Å²) < 4.78 is 62.3. The molecule has 2 N–H and O–H groups in total. The van der Waals surface area contributed by atoms with Gasteiger partial charge in [-0.1, -0.05) is 29.8 Å². The van der Waals surface area contributed by atoms with Crippen molar-refractivity contribution in [1.29, 1.82) is 0 Å². The van der Waals surface area contributed by atoms with E-state index in [9.17, 15) is 21.6 Å². The van der Waals surface area contributed by atoms with Crippen molar-refractivity contribution in [3.8, 4) is 0 Å². The number of benzene rings is 2. The maximum Gasteiger partial charge on any atom is 0.410 e. The number of amides is 1. The molecule has 11 heteroatoms. The molecule has 0 atom stereocenters. The van der Waals surface area contributed by atoms with Crippen LogP contribution in [0, 0.1) is 6.92 Å². The van der Waals surface area contributed by atoms with Gasteiger partial charge in [-0.2, -0.15) is 0 Å². The van der Waals surface area contributed by atoms with Crippen LogP contribution < -0.4 is 9.44 Å². The Labute approximate surface area is 201 Å². The van der Waals surface area contributed by atoms with Gasteiger partial charge in [0.05, 0.1) is 10.6 Å². The summed E-state index contributed by atoms with van der Waals surface area (Å²) in [6.07, 6.45) is 0.399. The van der Waals surface area contributed by atoms with Gasteiger partial charge in [-0.05, 0) is 64.8 Å². The number of rotatable bonds is 6. The second-order valence-electron chi connectivity index (χ2n) is 9.28. The summed E-state index contributed by atoms with van der Waals surface area (Å²) in [5, 5.41) is 0. The van der Waals surface area contributed by atoms with Crippen molar-refractivity contribution in [2.45, 2.75) is 62.0 Å². The molecule has 1 amide bonds. The van der Waals surface area contributed by atoms with Gasteiger partial charge < -0.3 is 9.64 Å². The number of ether oxygens (including phenoxy) is 1. The van der Waals surface area contributed by atoms with E-state index in [0.29, 0.717) is 25.9 Å². The predicted octanol–water partition coefficient (Wildman–Crippen LogP) is 3.47. The average Bonchev–Trinajstić information content (AvgIpc) is 2.73. The second kappa shape index (κ2) is 9.93. The van der Waals surface area contributed by atoms with Gasteiger partial charge in [0.25, 0.3) is 10.0 Å². The third-order valence-corrected chi connectivity index (χ3v) is 8.18. The Hall–Kier alpha value is -2.63. The van der Waals surface area contributed by atoms with E-state index in [1.54, 1.807) is 43.9 Å². The molecule has 3 rings (SSSR count). The van der Waals surface area contributed by atoms with E-state index < -0.39 is 37.8 Å². The molecular formula is C23H31N3O6S2. The Bertz CT molecular complexity index is 1230. The minimum atomic E-state index is -4.03. The number of carbonyl (C=O) groups excluding carboxylic acids is 1. The van der Waals surface area contributed by atoms with Gasteiger partial charge in [-0.25, -0.2) is 26.4 Å². The van der Waals surface area contributed by atoms with Crippen LogP contribution in [0.3, 0.4) is 0 Å². The summed E-state index contributed by atoms with van der Waals surface area (Å²) in [6.45, 7) is 7.91. The number of hydrogen-bond acceptors (Lipinski definition) is 6. The maximum atomic E-state index is 13.1. The van der Waals surface area contributed by atoms with Crippen molar-refractivity contribution >= 4 is 31.8 Å². The second-order valence-corrected chi connectivity index (χ2v) is 12.6. The van der Waals surface area contributed by atoms with Crippen LogP contribution in [0.1, 0.15) is 39.2 Å². The number of para-hydroxylation sites is 1. The topological polar surface area (TPSA) is 122 Å². The first-order chi connectivity index (χ1) is 15.8. The van der Waals surface area contributed by atoms with Crippen LogP contribution in [0.15, 0.2) is 58.3 Å². The normalized spacial score (nSPS) is 15.7. The molecular weight excluding hydrogens is 478 g/mol. The summed E-state index contributed by atoms with van der Waals surface area (Å²) in [4.78, 5) is 13.7. The molecule has 1 aliphatic rings. The minimum Gasteiger partial charge on any atom is -0.444 e. The fourth-order valence-corrected chi connectivity index (χ4v) is 6.11. The summed E-state index contributed by atoms with van der Waals surface area (Å²) in [6, 6.07) is 11.7. The Balaban J connectivity index is 1.71. The van der Waals surface area contributed by atoms with Crippen molar-refractivity contribution < 1.29 is 26.4 Å². The monoisotopic (exact) mass is 509 g/mol. The van der Waals surface area contributed by atoms with Crippen LogP contribution in [0.2, 0.25) is 0 Å². The molecule has 9 nitrogen and oxygen atoms in total. The van der Waals surface area contributed by atoms with Gasteiger partial charge in [0, 0.05) is 19.1 Å². The summed E-state index contributed by atoms with van der Waals surface area (Å²) in [5.74, 6) is 0. The molecule has 1 heterocycles. The van der Waals surface area contributed by atoms with Crippen LogP contribution in [0.25, 0.3) is 0 Å². The fourth-order valence-electron chi connectivity index (χ4n) is 3.50. The first-order valence-electron chi connectivity index (χ1n) is 11.0. The van der Waals surface area contributed by atoms with Crippen LogP contribution in [-0.2, 0) is 24.8 Å². The predicted molar refractivity (Wildman–Crippen MR) is 130 cm³/mol. The lowest BCUT2D eigenvalue weighted by Gasteiger charge is -2.33. The highest BCUT2D eigenvalue weighted by Gasteiger charge is 2.30. The molecule has 186 valence electrons. The smallest absolute Gasteiger partial charge is 0.410 e. The number of aryl methyl sites for hydroxylation is 1. The Morgan fingerprint density at radius 1 is 0.941 bits per heavy atom. The zero-order chi connectivity index (χ0) is 25.1. The van der Waals surface area contributed by atoms with E-state index in [1.807, 2.05) is 6.92 Å². The molecule has 34 heavy (non-hydrogen) atoms. The van der Waals surface area contributed by atoms with Crippen LogP contribution >= 0.6 is 0 Å². The SMILES string of the molecule is Cc1ccc(S(=O)(=O)Nc2ccccc2S(=O)(=O)NC2CCN(C(=O)OC(C)(C)C)CC2)cc1. The number of nitrogens with zero attached hydrogens (tertiary/aromatic N) is 1. The van der Waals surface area contributed by atoms with E-state index in [2.05, 4.69) is 9.44 Å². The quantitative estimate of drug-likeness (QED) is 0.615. The lowest BCUT2D eigenvalue weighted by molar-refractivity contribution is 0.0203. The highest BCUT2D eigenvalue weighted by Crippen LogP contribution is 2.25. The van der Waals surface area contributed by atoms with Gasteiger partial charge in [0.15, 0.2) is 0 Å². The first kappa shape index (κ1) is 26.0. The average molecular weight is 510 g/mol. The van der Waals surface area contributed by atoms with E-state index in [1.165, 1.54) is 30.3 Å². The third kappa shape index (κ3) is 6.71. The molecule has 0 aliphatic carbocycles. The number of carbonyl (C=O) groups is 1. The zero-order valence-corrected chi connectivity index (χ0v) is 21.4. The molecule has 1 saturated heterocycles. The van der Waals surface area contributed by atoms with Crippen molar-refractivity contribution in [2.75, 3.05) is 17.8 Å². The lowest BCUT2D eigenvalue weighted by Crippen LogP contribution is -2.47.